The molecule has 7 nitrogen and oxygen atoms in total. The van der Waals surface area contributed by atoms with E-state index in [-0.39, 0.29) is 12.5 Å². The number of carbonyl (C=O) groups is 3. The molecule has 2 fully saturated rings. The average Bonchev–Trinajstić information content (AvgIpc) is 2.86. The van der Waals surface area contributed by atoms with E-state index < -0.39 is 17.5 Å². The second-order valence-corrected chi connectivity index (χ2v) is 6.97. The van der Waals surface area contributed by atoms with Gasteiger partial charge < -0.3 is 15.0 Å². The van der Waals surface area contributed by atoms with Gasteiger partial charge >= 0.3 is 6.03 Å². The smallest absolute Gasteiger partial charge is 0.325 e. The van der Waals surface area contributed by atoms with Crippen LogP contribution in [0.1, 0.15) is 38.2 Å². The number of methoxy groups -OCH3 is 1. The van der Waals surface area contributed by atoms with Gasteiger partial charge in [0.05, 0.1) is 7.11 Å². The maximum atomic E-state index is 12.9. The summed E-state index contributed by atoms with van der Waals surface area (Å²) in [4.78, 5) is 40.7. The highest BCUT2D eigenvalue weighted by Crippen LogP contribution is 2.30. The molecule has 4 amide bonds. The Labute approximate surface area is 153 Å². The van der Waals surface area contributed by atoms with Crippen molar-refractivity contribution in [1.29, 1.82) is 0 Å². The first-order valence-corrected chi connectivity index (χ1v) is 9.02. The van der Waals surface area contributed by atoms with Gasteiger partial charge in [0.15, 0.2) is 0 Å². The van der Waals surface area contributed by atoms with Gasteiger partial charge in [-0.25, -0.2) is 4.79 Å². The number of rotatable bonds is 4. The number of hydrogen-bond acceptors (Lipinski definition) is 4. The number of nitrogens with zero attached hydrogens (tertiary/aromatic N) is 2. The number of imide groups is 1. The molecule has 0 saturated carbocycles. The first kappa shape index (κ1) is 18.2. The molecule has 1 N–H and O–H groups in total. The number of hydrogen-bond donors (Lipinski definition) is 1. The summed E-state index contributed by atoms with van der Waals surface area (Å²) in [7, 11) is 1.56. The lowest BCUT2D eigenvalue weighted by molar-refractivity contribution is -0.138. The molecule has 7 heteroatoms. The molecule has 2 aliphatic heterocycles. The Hall–Kier alpha value is -2.57. The predicted molar refractivity (Wildman–Crippen MR) is 95.6 cm³/mol. The van der Waals surface area contributed by atoms with Crippen LogP contribution in [0.5, 0.6) is 5.75 Å². The summed E-state index contributed by atoms with van der Waals surface area (Å²) in [5, 5.41) is 2.73. The van der Waals surface area contributed by atoms with E-state index in [0.29, 0.717) is 24.4 Å². The first-order valence-electron chi connectivity index (χ1n) is 9.02. The number of ether oxygens (including phenoxy) is 1. The van der Waals surface area contributed by atoms with Gasteiger partial charge in [0, 0.05) is 13.1 Å². The van der Waals surface area contributed by atoms with Gasteiger partial charge in [0.25, 0.3) is 5.91 Å². The van der Waals surface area contributed by atoms with E-state index in [1.165, 1.54) is 0 Å². The number of likely N-dealkylation sites (tertiary alicyclic amines) is 1. The maximum Gasteiger partial charge on any atom is 0.325 e. The molecule has 1 aromatic rings. The van der Waals surface area contributed by atoms with Crippen LogP contribution in [0.3, 0.4) is 0 Å². The van der Waals surface area contributed by atoms with Crippen molar-refractivity contribution in [1.82, 2.24) is 15.1 Å². The first-order chi connectivity index (χ1) is 12.5. The standard InChI is InChI=1S/C19H25N3O4/c1-19(14-7-9-15(26-2)10-8-14)17(24)22(18(25)20-19)13-16(23)21-11-5-3-4-6-12-21/h7-10H,3-6,11-13H2,1-2H3,(H,20,25)/t19-/m0/s1. The Morgan fingerprint density at radius 3 is 2.31 bits per heavy atom. The van der Waals surface area contributed by atoms with Crippen LogP contribution in [0.15, 0.2) is 24.3 Å². The third kappa shape index (κ3) is 3.38. The Morgan fingerprint density at radius 2 is 1.73 bits per heavy atom. The van der Waals surface area contributed by atoms with Crippen LogP contribution in [0.2, 0.25) is 0 Å². The lowest BCUT2D eigenvalue weighted by atomic mass is 9.92. The van der Waals surface area contributed by atoms with Crippen molar-refractivity contribution in [2.45, 2.75) is 38.1 Å². The molecule has 0 unspecified atom stereocenters. The van der Waals surface area contributed by atoms with Crippen LogP contribution in [0.25, 0.3) is 0 Å². The van der Waals surface area contributed by atoms with Crippen LogP contribution >= 0.6 is 0 Å². The van der Waals surface area contributed by atoms with Crippen LogP contribution in [-0.4, -0.2) is 54.4 Å². The van der Waals surface area contributed by atoms with Crippen molar-refractivity contribution in [2.24, 2.45) is 0 Å². The summed E-state index contributed by atoms with van der Waals surface area (Å²) in [6.45, 7) is 2.83. The highest BCUT2D eigenvalue weighted by Gasteiger charge is 2.49. The number of urea groups is 1. The van der Waals surface area contributed by atoms with Gasteiger partial charge in [-0.15, -0.1) is 0 Å². The van der Waals surface area contributed by atoms with E-state index in [4.69, 9.17) is 4.74 Å². The Morgan fingerprint density at radius 1 is 1.12 bits per heavy atom. The molecule has 1 atom stereocenters. The monoisotopic (exact) mass is 359 g/mol. The van der Waals surface area contributed by atoms with Gasteiger partial charge in [-0.2, -0.15) is 0 Å². The number of carbonyl (C=O) groups excluding carboxylic acids is 3. The zero-order valence-electron chi connectivity index (χ0n) is 15.3. The molecule has 0 aliphatic carbocycles. The molecule has 2 heterocycles. The van der Waals surface area contributed by atoms with Crippen molar-refractivity contribution >= 4 is 17.8 Å². The Kier molecular flexibility index (Phi) is 5.15. The zero-order chi connectivity index (χ0) is 18.7. The molecule has 1 aromatic carbocycles. The van der Waals surface area contributed by atoms with E-state index in [0.717, 1.165) is 30.6 Å². The highest BCUT2D eigenvalue weighted by molar-refractivity contribution is 6.09. The third-order valence-corrected chi connectivity index (χ3v) is 5.19. The molecule has 0 radical (unpaired) electrons. The SMILES string of the molecule is COc1ccc([C@]2(C)NC(=O)N(CC(=O)N3CCCCCC3)C2=O)cc1. The molecule has 3 rings (SSSR count). The third-order valence-electron chi connectivity index (χ3n) is 5.19. The van der Waals surface area contributed by atoms with Gasteiger partial charge in [-0.05, 0) is 37.5 Å². The summed E-state index contributed by atoms with van der Waals surface area (Å²) in [6.07, 6.45) is 4.16. The molecule has 0 spiro atoms. The molecular weight excluding hydrogens is 334 g/mol. The van der Waals surface area contributed by atoms with Crippen LogP contribution < -0.4 is 10.1 Å². The van der Waals surface area contributed by atoms with E-state index in [1.54, 1.807) is 43.2 Å². The minimum Gasteiger partial charge on any atom is -0.497 e. The van der Waals surface area contributed by atoms with E-state index in [2.05, 4.69) is 5.32 Å². The van der Waals surface area contributed by atoms with Gasteiger partial charge in [0.2, 0.25) is 5.91 Å². The lowest BCUT2D eigenvalue weighted by Crippen LogP contribution is -2.44. The molecule has 26 heavy (non-hydrogen) atoms. The minimum absolute atomic E-state index is 0.172. The summed E-state index contributed by atoms with van der Waals surface area (Å²) in [5.41, 5.74) is -0.524. The summed E-state index contributed by atoms with van der Waals surface area (Å²) < 4.78 is 5.13. The normalized spacial score (nSPS) is 23.6. The fourth-order valence-corrected chi connectivity index (χ4v) is 3.52. The van der Waals surface area contributed by atoms with Crippen molar-refractivity contribution in [2.75, 3.05) is 26.7 Å². The van der Waals surface area contributed by atoms with E-state index in [9.17, 15) is 14.4 Å². The maximum absolute atomic E-state index is 12.9. The second-order valence-electron chi connectivity index (χ2n) is 6.97. The lowest BCUT2D eigenvalue weighted by Gasteiger charge is -2.24. The van der Waals surface area contributed by atoms with Crippen molar-refractivity contribution in [3.63, 3.8) is 0 Å². The van der Waals surface area contributed by atoms with E-state index in [1.807, 2.05) is 0 Å². The Bertz CT molecular complexity index is 695. The van der Waals surface area contributed by atoms with Crippen molar-refractivity contribution in [3.05, 3.63) is 29.8 Å². The molecule has 0 aromatic heterocycles. The highest BCUT2D eigenvalue weighted by atomic mass is 16.5. The number of benzene rings is 1. The molecule has 2 aliphatic rings. The van der Waals surface area contributed by atoms with Crippen LogP contribution in [0, 0.1) is 0 Å². The molecule has 0 bridgehead atoms. The van der Waals surface area contributed by atoms with Crippen molar-refractivity contribution in [3.8, 4) is 5.75 Å². The van der Waals surface area contributed by atoms with Crippen molar-refractivity contribution < 1.29 is 19.1 Å². The van der Waals surface area contributed by atoms with Gasteiger partial charge in [-0.1, -0.05) is 25.0 Å². The summed E-state index contributed by atoms with van der Waals surface area (Å²) in [6, 6.07) is 6.45. The van der Waals surface area contributed by atoms with E-state index >= 15 is 0 Å². The fraction of sp³-hybridized carbons (Fsp3) is 0.526. The minimum atomic E-state index is -1.18. The zero-order valence-corrected chi connectivity index (χ0v) is 15.3. The van der Waals surface area contributed by atoms with Gasteiger partial charge in [-0.3, -0.25) is 14.5 Å². The molecule has 140 valence electrons. The fourth-order valence-electron chi connectivity index (χ4n) is 3.52. The summed E-state index contributed by atoms with van der Waals surface area (Å²) >= 11 is 0. The number of nitrogens with one attached hydrogen (secondary N) is 1. The Balaban J connectivity index is 1.74. The largest absolute Gasteiger partial charge is 0.497 e. The number of amides is 4. The molecular formula is C19H25N3O4. The van der Waals surface area contributed by atoms with Gasteiger partial charge in [0.1, 0.15) is 17.8 Å². The summed E-state index contributed by atoms with van der Waals surface area (Å²) in [5.74, 6) is 0.0903. The molecule has 2 saturated heterocycles. The quantitative estimate of drug-likeness (QED) is 0.833. The average molecular weight is 359 g/mol. The van der Waals surface area contributed by atoms with Crippen LogP contribution in [-0.2, 0) is 15.1 Å². The predicted octanol–water partition coefficient (Wildman–Crippen LogP) is 1.86. The second kappa shape index (κ2) is 7.35. The topological polar surface area (TPSA) is 79.0 Å². The van der Waals surface area contributed by atoms with Crippen LogP contribution in [0.4, 0.5) is 4.79 Å².